The van der Waals surface area contributed by atoms with Gasteiger partial charge in [0.1, 0.15) is 11.6 Å². The normalized spacial score (nSPS) is 17.1. The highest BCUT2D eigenvalue weighted by Crippen LogP contribution is 2.23. The number of hydrogen-bond donors (Lipinski definition) is 4. The Morgan fingerprint density at radius 3 is 2.57 bits per heavy atom. The van der Waals surface area contributed by atoms with Gasteiger partial charge >= 0.3 is 0 Å². The van der Waals surface area contributed by atoms with E-state index in [1.165, 1.54) is 5.56 Å². The first-order valence-electron chi connectivity index (χ1n) is 14.5. The van der Waals surface area contributed by atoms with Crippen LogP contribution in [0.15, 0.2) is 48.5 Å². The summed E-state index contributed by atoms with van der Waals surface area (Å²) in [6, 6.07) is 15.6. The molecule has 2 fully saturated rings. The van der Waals surface area contributed by atoms with E-state index in [0.717, 1.165) is 51.3 Å². The van der Waals surface area contributed by atoms with Crippen molar-refractivity contribution in [3.63, 3.8) is 0 Å². The van der Waals surface area contributed by atoms with Gasteiger partial charge < -0.3 is 35.6 Å². The van der Waals surface area contributed by atoms with Crippen LogP contribution in [0.25, 0.3) is 0 Å². The standard InChI is InChI=1S/C30H39N9O3/c1-2-16-42-25-11-5-21(6-12-25)19-33-24-4-3-13-39(20-24)30-35-28(26(27(31)32)36-37-30)34-23-9-7-22(8-10-23)29(40)38-14-17-41-18-15-38/h5-12,24,33H,2-4,13-20H2,1H3,(H3,31,32)(H,34,35,37)/t24-/m1/s1. The molecule has 0 radical (unpaired) electrons. The molecule has 1 aromatic heterocycles. The van der Waals surface area contributed by atoms with Gasteiger partial charge in [-0.15, -0.1) is 10.2 Å². The summed E-state index contributed by atoms with van der Waals surface area (Å²) in [6.45, 7) is 7.40. The maximum atomic E-state index is 12.8. The van der Waals surface area contributed by atoms with Crippen LogP contribution >= 0.6 is 0 Å². The van der Waals surface area contributed by atoms with Crippen LogP contribution in [0.4, 0.5) is 17.5 Å². The first kappa shape index (κ1) is 29.2. The number of nitrogens with zero attached hydrogens (tertiary/aromatic N) is 5. The van der Waals surface area contributed by atoms with E-state index in [1.54, 1.807) is 17.0 Å². The average Bonchev–Trinajstić information content (AvgIpc) is 3.03. The number of rotatable bonds is 11. The first-order valence-corrected chi connectivity index (χ1v) is 14.5. The average molecular weight is 574 g/mol. The SMILES string of the molecule is CCCOc1ccc(CN[C@@H]2CCCN(c3nnc(C(=N)N)c(Nc4ccc(C(=O)N5CCOCC5)cc4)n3)C2)cc1. The number of benzene rings is 2. The van der Waals surface area contributed by atoms with Gasteiger partial charge in [0.25, 0.3) is 5.91 Å². The van der Waals surface area contributed by atoms with Crippen LogP contribution in [0.5, 0.6) is 5.75 Å². The fourth-order valence-corrected chi connectivity index (χ4v) is 5.01. The Balaban J connectivity index is 1.22. The quantitative estimate of drug-likeness (QED) is 0.199. The number of hydrogen-bond acceptors (Lipinski definition) is 10. The van der Waals surface area contributed by atoms with Crippen molar-refractivity contribution in [3.8, 4) is 5.75 Å². The third kappa shape index (κ3) is 7.51. The third-order valence-corrected chi connectivity index (χ3v) is 7.32. The monoisotopic (exact) mass is 573 g/mol. The zero-order valence-electron chi connectivity index (χ0n) is 24.0. The maximum absolute atomic E-state index is 12.8. The Hall–Kier alpha value is -4.29. The molecule has 0 bridgehead atoms. The highest BCUT2D eigenvalue weighted by Gasteiger charge is 2.24. The molecule has 0 saturated carbocycles. The number of nitrogens with two attached hydrogens (primary N) is 1. The van der Waals surface area contributed by atoms with E-state index in [9.17, 15) is 4.79 Å². The molecule has 12 nitrogen and oxygen atoms in total. The zero-order valence-corrected chi connectivity index (χ0v) is 24.0. The van der Waals surface area contributed by atoms with E-state index in [1.807, 2.05) is 24.3 Å². The molecule has 2 aliphatic heterocycles. The Morgan fingerprint density at radius 2 is 1.86 bits per heavy atom. The number of amides is 1. The van der Waals surface area contributed by atoms with Crippen molar-refractivity contribution in [2.75, 3.05) is 56.2 Å². The molecule has 5 rings (SSSR count). The molecule has 2 aliphatic rings. The van der Waals surface area contributed by atoms with Gasteiger partial charge in [-0.3, -0.25) is 10.2 Å². The Kier molecular flexibility index (Phi) is 9.78. The molecule has 1 atom stereocenters. The van der Waals surface area contributed by atoms with E-state index in [2.05, 4.69) is 44.8 Å². The summed E-state index contributed by atoms with van der Waals surface area (Å²) in [5.41, 5.74) is 8.47. The van der Waals surface area contributed by atoms with Gasteiger partial charge in [0.05, 0.1) is 19.8 Å². The highest BCUT2D eigenvalue weighted by molar-refractivity contribution is 5.98. The zero-order chi connectivity index (χ0) is 29.3. The largest absolute Gasteiger partial charge is 0.494 e. The molecule has 0 unspecified atom stereocenters. The lowest BCUT2D eigenvalue weighted by Gasteiger charge is -2.33. The number of nitrogen functional groups attached to an aromatic ring is 1. The second-order valence-corrected chi connectivity index (χ2v) is 10.5. The lowest BCUT2D eigenvalue weighted by Crippen LogP contribution is -2.46. The van der Waals surface area contributed by atoms with Crippen molar-refractivity contribution in [3.05, 3.63) is 65.4 Å². The van der Waals surface area contributed by atoms with E-state index in [4.69, 9.17) is 25.6 Å². The summed E-state index contributed by atoms with van der Waals surface area (Å²) in [6.07, 6.45) is 3.02. The van der Waals surface area contributed by atoms with Gasteiger partial charge in [-0.05, 0) is 61.2 Å². The van der Waals surface area contributed by atoms with Crippen LogP contribution in [0, 0.1) is 5.41 Å². The number of anilines is 3. The molecule has 0 aliphatic carbocycles. The minimum Gasteiger partial charge on any atom is -0.494 e. The lowest BCUT2D eigenvalue weighted by molar-refractivity contribution is 0.0303. The third-order valence-electron chi connectivity index (χ3n) is 7.32. The smallest absolute Gasteiger partial charge is 0.254 e. The van der Waals surface area contributed by atoms with Gasteiger partial charge in [-0.25, -0.2) is 0 Å². The predicted octanol–water partition coefficient (Wildman–Crippen LogP) is 2.92. The van der Waals surface area contributed by atoms with E-state index >= 15 is 0 Å². The minimum absolute atomic E-state index is 0.0217. The predicted molar refractivity (Wildman–Crippen MR) is 162 cm³/mol. The highest BCUT2D eigenvalue weighted by atomic mass is 16.5. The van der Waals surface area contributed by atoms with Gasteiger partial charge in [-0.2, -0.15) is 4.98 Å². The van der Waals surface area contributed by atoms with Crippen molar-refractivity contribution in [2.24, 2.45) is 5.73 Å². The van der Waals surface area contributed by atoms with Crippen molar-refractivity contribution >= 4 is 29.2 Å². The molecule has 0 spiro atoms. The van der Waals surface area contributed by atoms with Crippen molar-refractivity contribution in [1.29, 1.82) is 5.41 Å². The number of carbonyl (C=O) groups excluding carboxylic acids is 1. The van der Waals surface area contributed by atoms with Gasteiger partial charge in [0, 0.05) is 50.0 Å². The first-order chi connectivity index (χ1) is 20.5. The van der Waals surface area contributed by atoms with E-state index in [-0.39, 0.29) is 23.5 Å². The molecule has 42 heavy (non-hydrogen) atoms. The van der Waals surface area contributed by atoms with E-state index < -0.39 is 0 Å². The second-order valence-electron chi connectivity index (χ2n) is 10.5. The number of carbonyl (C=O) groups is 1. The number of ether oxygens (including phenoxy) is 2. The van der Waals surface area contributed by atoms with Gasteiger partial charge in [0.15, 0.2) is 11.5 Å². The van der Waals surface area contributed by atoms with Crippen LogP contribution < -0.4 is 26.0 Å². The molecular weight excluding hydrogens is 534 g/mol. The van der Waals surface area contributed by atoms with Crippen LogP contribution in [0.2, 0.25) is 0 Å². The molecule has 5 N–H and O–H groups in total. The van der Waals surface area contributed by atoms with Crippen molar-refractivity contribution in [2.45, 2.75) is 38.8 Å². The van der Waals surface area contributed by atoms with Crippen molar-refractivity contribution in [1.82, 2.24) is 25.4 Å². The van der Waals surface area contributed by atoms with Crippen LogP contribution in [0.3, 0.4) is 0 Å². The lowest BCUT2D eigenvalue weighted by atomic mass is 10.1. The molecule has 12 heteroatoms. The van der Waals surface area contributed by atoms with Crippen LogP contribution in [-0.4, -0.2) is 83.9 Å². The molecule has 3 heterocycles. The summed E-state index contributed by atoms with van der Waals surface area (Å²) in [5, 5.41) is 23.4. The van der Waals surface area contributed by atoms with Gasteiger partial charge in [0.2, 0.25) is 5.95 Å². The molecule has 2 saturated heterocycles. The maximum Gasteiger partial charge on any atom is 0.254 e. The molecular formula is C30H39N9O3. The van der Waals surface area contributed by atoms with Crippen LogP contribution in [-0.2, 0) is 11.3 Å². The van der Waals surface area contributed by atoms with E-state index in [0.29, 0.717) is 49.3 Å². The van der Waals surface area contributed by atoms with Gasteiger partial charge in [-0.1, -0.05) is 19.1 Å². The number of piperidine rings is 1. The fraction of sp³-hybridized carbons (Fsp3) is 0.433. The summed E-state index contributed by atoms with van der Waals surface area (Å²) < 4.78 is 11.0. The summed E-state index contributed by atoms with van der Waals surface area (Å²) in [4.78, 5) is 21.4. The summed E-state index contributed by atoms with van der Waals surface area (Å²) in [7, 11) is 0. The molecule has 222 valence electrons. The summed E-state index contributed by atoms with van der Waals surface area (Å²) in [5.74, 6) is 1.47. The molecule has 3 aromatic rings. The Bertz CT molecular complexity index is 1350. The Labute approximate surface area is 246 Å². The number of nitrogens with one attached hydrogen (secondary N) is 3. The number of morpholine rings is 1. The van der Waals surface area contributed by atoms with Crippen LogP contribution in [0.1, 0.15) is 47.8 Å². The van der Waals surface area contributed by atoms with Crippen molar-refractivity contribution < 1.29 is 14.3 Å². The molecule has 1 amide bonds. The molecule has 2 aromatic carbocycles. The minimum atomic E-state index is -0.229. The Morgan fingerprint density at radius 1 is 1.10 bits per heavy atom. The topological polar surface area (TPSA) is 155 Å². The fourth-order valence-electron chi connectivity index (χ4n) is 5.01. The second kappa shape index (κ2) is 14.1. The summed E-state index contributed by atoms with van der Waals surface area (Å²) >= 11 is 0. The number of aromatic nitrogens is 3. The number of amidine groups is 1.